The van der Waals surface area contributed by atoms with Crippen molar-refractivity contribution in [1.29, 1.82) is 0 Å². The highest BCUT2D eigenvalue weighted by molar-refractivity contribution is 5.16. The van der Waals surface area contributed by atoms with Gasteiger partial charge in [0.2, 0.25) is 0 Å². The number of aliphatic hydroxyl groups is 1. The highest BCUT2D eigenvalue weighted by Gasteiger charge is 2.67. The van der Waals surface area contributed by atoms with E-state index in [1.165, 1.54) is 25.7 Å². The van der Waals surface area contributed by atoms with Crippen LogP contribution in [0.5, 0.6) is 0 Å². The van der Waals surface area contributed by atoms with Gasteiger partial charge in [0, 0.05) is 0 Å². The summed E-state index contributed by atoms with van der Waals surface area (Å²) >= 11 is 0. The second-order valence-corrected chi connectivity index (χ2v) is 7.71. The Morgan fingerprint density at radius 3 is 2.31 bits per heavy atom. The van der Waals surface area contributed by atoms with E-state index in [2.05, 4.69) is 27.7 Å². The molecule has 92 valence electrons. The van der Waals surface area contributed by atoms with Gasteiger partial charge in [0.05, 0.1) is 5.60 Å². The second kappa shape index (κ2) is 2.85. The van der Waals surface area contributed by atoms with Crippen LogP contribution in [0.25, 0.3) is 0 Å². The smallest absolute Gasteiger partial charge is 0.0658 e. The van der Waals surface area contributed by atoms with Crippen LogP contribution in [-0.2, 0) is 0 Å². The van der Waals surface area contributed by atoms with E-state index in [1.54, 1.807) is 0 Å². The van der Waals surface area contributed by atoms with Crippen LogP contribution in [0.1, 0.15) is 59.8 Å². The molecular weight excluding hydrogens is 196 g/mol. The van der Waals surface area contributed by atoms with Gasteiger partial charge in [0.1, 0.15) is 0 Å². The van der Waals surface area contributed by atoms with Crippen molar-refractivity contribution in [3.05, 3.63) is 0 Å². The minimum atomic E-state index is -0.406. The number of fused-ring (bicyclic) bond motifs is 2. The summed E-state index contributed by atoms with van der Waals surface area (Å²) in [6.07, 6.45) is 6.49. The van der Waals surface area contributed by atoms with E-state index in [4.69, 9.17) is 0 Å². The van der Waals surface area contributed by atoms with Crippen molar-refractivity contribution in [1.82, 2.24) is 0 Å². The molecule has 1 heteroatoms. The average Bonchev–Trinajstić information content (AvgIpc) is 2.42. The Balaban J connectivity index is 2.10. The van der Waals surface area contributed by atoms with Gasteiger partial charge in [-0.1, -0.05) is 20.8 Å². The lowest BCUT2D eigenvalue weighted by Gasteiger charge is -2.65. The van der Waals surface area contributed by atoms with E-state index in [0.29, 0.717) is 16.7 Å². The summed E-state index contributed by atoms with van der Waals surface area (Å²) in [6.45, 7) is 9.36. The van der Waals surface area contributed by atoms with Gasteiger partial charge in [-0.15, -0.1) is 0 Å². The molecule has 0 saturated heterocycles. The largest absolute Gasteiger partial charge is 0.390 e. The first-order valence-electron chi connectivity index (χ1n) is 7.03. The monoisotopic (exact) mass is 222 g/mol. The van der Waals surface area contributed by atoms with Crippen LogP contribution in [-0.4, -0.2) is 10.7 Å². The van der Waals surface area contributed by atoms with Gasteiger partial charge < -0.3 is 5.11 Å². The maximum absolute atomic E-state index is 10.8. The van der Waals surface area contributed by atoms with Crippen molar-refractivity contribution < 1.29 is 5.11 Å². The van der Waals surface area contributed by atoms with Crippen molar-refractivity contribution in [3.8, 4) is 0 Å². The Morgan fingerprint density at radius 1 is 1.00 bits per heavy atom. The Kier molecular flexibility index (Phi) is 1.98. The fraction of sp³-hybridized carbons (Fsp3) is 1.00. The van der Waals surface area contributed by atoms with Gasteiger partial charge in [-0.05, 0) is 67.6 Å². The first kappa shape index (κ1) is 11.1. The molecule has 4 rings (SSSR count). The zero-order valence-corrected chi connectivity index (χ0v) is 11.2. The Hall–Kier alpha value is -0.0400. The third-order valence-corrected chi connectivity index (χ3v) is 6.70. The lowest BCUT2D eigenvalue weighted by molar-refractivity contribution is -0.216. The van der Waals surface area contributed by atoms with Gasteiger partial charge in [-0.2, -0.15) is 0 Å². The topological polar surface area (TPSA) is 20.2 Å². The Morgan fingerprint density at radius 2 is 1.69 bits per heavy atom. The van der Waals surface area contributed by atoms with E-state index in [0.717, 1.165) is 18.3 Å². The van der Waals surface area contributed by atoms with Crippen LogP contribution in [0.4, 0.5) is 0 Å². The molecule has 4 aliphatic carbocycles. The van der Waals surface area contributed by atoms with Gasteiger partial charge >= 0.3 is 0 Å². The lowest BCUT2D eigenvalue weighted by atomic mass is 9.41. The molecule has 1 nitrogen and oxygen atoms in total. The summed E-state index contributed by atoms with van der Waals surface area (Å²) in [5.74, 6) is 2.22. The Bertz CT molecular complexity index is 317. The molecule has 0 radical (unpaired) electrons. The van der Waals surface area contributed by atoms with E-state index in [1.807, 2.05) is 0 Å². The molecule has 0 aromatic carbocycles. The van der Waals surface area contributed by atoms with Gasteiger partial charge in [-0.25, -0.2) is 0 Å². The summed E-state index contributed by atoms with van der Waals surface area (Å²) in [5, 5.41) is 10.8. The first-order valence-corrected chi connectivity index (χ1v) is 7.03. The predicted molar refractivity (Wildman–Crippen MR) is 66.1 cm³/mol. The molecule has 1 N–H and O–H groups in total. The summed E-state index contributed by atoms with van der Waals surface area (Å²) in [6, 6.07) is 0. The predicted octanol–water partition coefficient (Wildman–Crippen LogP) is 3.61. The van der Waals surface area contributed by atoms with Gasteiger partial charge in [-0.3, -0.25) is 0 Å². The van der Waals surface area contributed by atoms with Crippen LogP contribution >= 0.6 is 0 Å². The van der Waals surface area contributed by atoms with Crippen molar-refractivity contribution in [2.75, 3.05) is 0 Å². The molecule has 5 atom stereocenters. The van der Waals surface area contributed by atoms with E-state index >= 15 is 0 Å². The summed E-state index contributed by atoms with van der Waals surface area (Å²) < 4.78 is 0. The third-order valence-electron chi connectivity index (χ3n) is 6.70. The quantitative estimate of drug-likeness (QED) is 0.664. The molecule has 2 bridgehead atoms. The third kappa shape index (κ3) is 1.06. The molecule has 0 heterocycles. The van der Waals surface area contributed by atoms with Crippen LogP contribution in [0, 0.1) is 28.6 Å². The lowest BCUT2D eigenvalue weighted by Crippen LogP contribution is -2.63. The van der Waals surface area contributed by atoms with Crippen LogP contribution in [0.2, 0.25) is 0 Å². The highest BCUT2D eigenvalue weighted by atomic mass is 16.3. The molecule has 5 unspecified atom stereocenters. The maximum Gasteiger partial charge on any atom is 0.0658 e. The standard InChI is InChI=1S/C15H26O/c1-10-5-6-12-13(2,3)11-7-8-15(10,12)9-14(11,4)16/h10-12,16H,5-9H2,1-4H3. The summed E-state index contributed by atoms with van der Waals surface area (Å²) in [4.78, 5) is 0. The highest BCUT2D eigenvalue weighted by Crippen LogP contribution is 2.72. The number of hydrogen-bond acceptors (Lipinski definition) is 1. The van der Waals surface area contributed by atoms with Crippen molar-refractivity contribution >= 4 is 0 Å². The molecule has 16 heavy (non-hydrogen) atoms. The van der Waals surface area contributed by atoms with Crippen molar-refractivity contribution in [3.63, 3.8) is 0 Å². The molecule has 4 saturated carbocycles. The molecule has 0 aromatic heterocycles. The minimum absolute atomic E-state index is 0.352. The molecule has 4 fully saturated rings. The molecule has 0 amide bonds. The number of hydrogen-bond donors (Lipinski definition) is 1. The van der Waals surface area contributed by atoms with Crippen LogP contribution < -0.4 is 0 Å². The SMILES string of the molecule is CC1CCC2C(C)(C)C3CCC12CC3(C)O. The van der Waals surface area contributed by atoms with Gasteiger partial charge in [0.15, 0.2) is 0 Å². The molecule has 1 spiro atoms. The maximum atomic E-state index is 10.8. The van der Waals surface area contributed by atoms with E-state index < -0.39 is 5.60 Å². The summed E-state index contributed by atoms with van der Waals surface area (Å²) in [7, 11) is 0. The zero-order chi connectivity index (χ0) is 11.8. The fourth-order valence-electron chi connectivity index (χ4n) is 6.18. The fourth-order valence-corrected chi connectivity index (χ4v) is 6.18. The normalized spacial score (nSPS) is 58.7. The van der Waals surface area contributed by atoms with Crippen molar-refractivity contribution in [2.24, 2.45) is 28.6 Å². The average molecular weight is 222 g/mol. The molecule has 4 aliphatic rings. The van der Waals surface area contributed by atoms with Crippen molar-refractivity contribution in [2.45, 2.75) is 65.4 Å². The van der Waals surface area contributed by atoms with Gasteiger partial charge in [0.25, 0.3) is 0 Å². The summed E-state index contributed by atoms with van der Waals surface area (Å²) in [5.41, 5.74) is 0.420. The minimum Gasteiger partial charge on any atom is -0.390 e. The molecule has 0 aromatic rings. The van der Waals surface area contributed by atoms with Crippen LogP contribution in [0.15, 0.2) is 0 Å². The van der Waals surface area contributed by atoms with E-state index in [9.17, 15) is 5.11 Å². The zero-order valence-electron chi connectivity index (χ0n) is 11.2. The molecular formula is C15H26O. The molecule has 0 aliphatic heterocycles. The van der Waals surface area contributed by atoms with E-state index in [-0.39, 0.29) is 0 Å². The number of rotatable bonds is 0. The van der Waals surface area contributed by atoms with Crippen LogP contribution in [0.3, 0.4) is 0 Å². The first-order chi connectivity index (χ1) is 7.31. The Labute approximate surface area is 99.6 Å². The second-order valence-electron chi connectivity index (χ2n) is 7.71.